The third kappa shape index (κ3) is 4.77. The summed E-state index contributed by atoms with van der Waals surface area (Å²) in [7, 11) is -3.51. The number of hydrogen-bond acceptors (Lipinski definition) is 4. The fourth-order valence-electron chi connectivity index (χ4n) is 1.84. The molecule has 3 N–H and O–H groups in total. The molecule has 0 spiro atoms. The van der Waals surface area contributed by atoms with Crippen LogP contribution in [0.15, 0.2) is 17.0 Å². The topological polar surface area (TPSA) is 81.4 Å². The molecule has 6 heteroatoms. The van der Waals surface area contributed by atoms with E-state index >= 15 is 0 Å². The summed E-state index contributed by atoms with van der Waals surface area (Å²) < 4.78 is 32.4. The number of hydrogen-bond donors (Lipinski definition) is 2. The Morgan fingerprint density at radius 3 is 2.60 bits per heavy atom. The van der Waals surface area contributed by atoms with Crippen LogP contribution < -0.4 is 10.5 Å². The van der Waals surface area contributed by atoms with Gasteiger partial charge in [-0.3, -0.25) is 0 Å². The first-order valence-electron chi connectivity index (χ1n) is 6.82. The van der Waals surface area contributed by atoms with Crippen LogP contribution >= 0.6 is 0 Å². The summed E-state index contributed by atoms with van der Waals surface area (Å²) in [5, 5.41) is 0. The Balaban J connectivity index is 2.65. The van der Waals surface area contributed by atoms with E-state index in [9.17, 15) is 8.42 Å². The molecule has 0 aliphatic carbocycles. The highest BCUT2D eigenvalue weighted by atomic mass is 32.2. The Bertz CT molecular complexity index is 542. The molecule has 0 saturated carbocycles. The first-order chi connectivity index (χ1) is 9.38. The Kier molecular flexibility index (Phi) is 6.45. The van der Waals surface area contributed by atoms with Gasteiger partial charge in [0.05, 0.1) is 4.90 Å². The van der Waals surface area contributed by atoms with Gasteiger partial charge in [0, 0.05) is 25.4 Å². The Morgan fingerprint density at radius 2 is 1.95 bits per heavy atom. The summed E-state index contributed by atoms with van der Waals surface area (Å²) in [6.07, 6.45) is 1.62. The zero-order valence-corrected chi connectivity index (χ0v) is 13.2. The average Bonchev–Trinajstić information content (AvgIpc) is 2.37. The molecule has 5 nitrogen and oxygen atoms in total. The highest BCUT2D eigenvalue weighted by Gasteiger charge is 2.18. The molecule has 0 fully saturated rings. The van der Waals surface area contributed by atoms with Crippen LogP contribution in [0.4, 0.5) is 5.69 Å². The van der Waals surface area contributed by atoms with Crippen LogP contribution in [-0.4, -0.2) is 28.2 Å². The van der Waals surface area contributed by atoms with Gasteiger partial charge in [0.2, 0.25) is 10.0 Å². The first-order valence-corrected chi connectivity index (χ1v) is 8.31. The van der Waals surface area contributed by atoms with E-state index < -0.39 is 10.0 Å². The molecule has 0 unspecified atom stereocenters. The smallest absolute Gasteiger partial charge is 0.240 e. The molecule has 0 saturated heterocycles. The van der Waals surface area contributed by atoms with Gasteiger partial charge in [-0.25, -0.2) is 13.1 Å². The lowest BCUT2D eigenvalue weighted by atomic mass is 10.1. The zero-order valence-electron chi connectivity index (χ0n) is 12.4. The standard InChI is InChI=1S/C14H24N2O3S/c1-4-7-19-8-5-6-16-20(17,18)14-10-11(2)9-13(15)12(14)3/h9-10,16H,4-8,15H2,1-3H3. The molecule has 0 heterocycles. The molecule has 0 radical (unpaired) electrons. The molecule has 1 rings (SSSR count). The number of nitrogens with one attached hydrogen (secondary N) is 1. The van der Waals surface area contributed by atoms with Crippen molar-refractivity contribution in [3.63, 3.8) is 0 Å². The van der Waals surface area contributed by atoms with E-state index in [1.807, 2.05) is 13.8 Å². The van der Waals surface area contributed by atoms with Gasteiger partial charge < -0.3 is 10.5 Å². The Hall–Kier alpha value is -1.11. The highest BCUT2D eigenvalue weighted by molar-refractivity contribution is 7.89. The maximum Gasteiger partial charge on any atom is 0.240 e. The largest absolute Gasteiger partial charge is 0.398 e. The SMILES string of the molecule is CCCOCCCNS(=O)(=O)c1cc(C)cc(N)c1C. The number of ether oxygens (including phenoxy) is 1. The van der Waals surface area contributed by atoms with Crippen LogP contribution in [-0.2, 0) is 14.8 Å². The lowest BCUT2D eigenvalue weighted by Crippen LogP contribution is -2.26. The van der Waals surface area contributed by atoms with Crippen molar-refractivity contribution in [3.8, 4) is 0 Å². The summed E-state index contributed by atoms with van der Waals surface area (Å²) >= 11 is 0. The molecule has 0 atom stereocenters. The van der Waals surface area contributed by atoms with Gasteiger partial charge in [0.25, 0.3) is 0 Å². The first kappa shape index (κ1) is 16.9. The molecule has 0 aromatic heterocycles. The summed E-state index contributed by atoms with van der Waals surface area (Å²) in [6, 6.07) is 3.41. The number of anilines is 1. The summed E-state index contributed by atoms with van der Waals surface area (Å²) in [6.45, 7) is 7.21. The molecule has 1 aromatic carbocycles. The van der Waals surface area contributed by atoms with E-state index in [1.54, 1.807) is 19.1 Å². The van der Waals surface area contributed by atoms with Crippen LogP contribution in [0.5, 0.6) is 0 Å². The fourth-order valence-corrected chi connectivity index (χ4v) is 3.27. The quantitative estimate of drug-likeness (QED) is 0.568. The third-order valence-electron chi connectivity index (χ3n) is 2.94. The number of nitrogens with two attached hydrogens (primary N) is 1. The Morgan fingerprint density at radius 1 is 1.25 bits per heavy atom. The fraction of sp³-hybridized carbons (Fsp3) is 0.571. The minimum atomic E-state index is -3.51. The van der Waals surface area contributed by atoms with Gasteiger partial charge in [0.15, 0.2) is 0 Å². The summed E-state index contributed by atoms with van der Waals surface area (Å²) in [5.74, 6) is 0. The van der Waals surface area contributed by atoms with Crippen LogP contribution in [0.2, 0.25) is 0 Å². The average molecular weight is 300 g/mol. The molecule has 0 aliphatic heterocycles. The highest BCUT2D eigenvalue weighted by Crippen LogP contribution is 2.22. The molecule has 114 valence electrons. The number of rotatable bonds is 8. The van der Waals surface area contributed by atoms with Crippen molar-refractivity contribution < 1.29 is 13.2 Å². The van der Waals surface area contributed by atoms with Crippen LogP contribution in [0.1, 0.15) is 30.9 Å². The van der Waals surface area contributed by atoms with Crippen molar-refractivity contribution in [2.45, 2.75) is 38.5 Å². The lowest BCUT2D eigenvalue weighted by Gasteiger charge is -2.12. The van der Waals surface area contributed by atoms with Crippen molar-refractivity contribution in [2.24, 2.45) is 0 Å². The predicted octanol–water partition coefficient (Wildman–Crippen LogP) is 1.98. The second kappa shape index (κ2) is 7.61. The molecule has 0 aliphatic rings. The monoisotopic (exact) mass is 300 g/mol. The molecule has 0 amide bonds. The van der Waals surface area contributed by atoms with Crippen molar-refractivity contribution in [3.05, 3.63) is 23.3 Å². The van der Waals surface area contributed by atoms with Gasteiger partial charge >= 0.3 is 0 Å². The minimum absolute atomic E-state index is 0.254. The number of sulfonamides is 1. The summed E-state index contributed by atoms with van der Waals surface area (Å²) in [5.41, 5.74) is 7.73. The van der Waals surface area contributed by atoms with Crippen molar-refractivity contribution >= 4 is 15.7 Å². The van der Waals surface area contributed by atoms with E-state index in [0.717, 1.165) is 12.0 Å². The number of nitrogen functional groups attached to an aromatic ring is 1. The van der Waals surface area contributed by atoms with Gasteiger partial charge in [0.1, 0.15) is 0 Å². The normalized spacial score (nSPS) is 11.8. The zero-order chi connectivity index (χ0) is 15.2. The number of benzene rings is 1. The van der Waals surface area contributed by atoms with Crippen LogP contribution in [0.25, 0.3) is 0 Å². The van der Waals surface area contributed by atoms with Gasteiger partial charge in [-0.2, -0.15) is 0 Å². The van der Waals surface area contributed by atoms with Crippen molar-refractivity contribution in [1.82, 2.24) is 4.72 Å². The molecular weight excluding hydrogens is 276 g/mol. The van der Waals surface area contributed by atoms with Crippen molar-refractivity contribution in [1.29, 1.82) is 0 Å². The second-order valence-corrected chi connectivity index (χ2v) is 6.58. The molecular formula is C14H24N2O3S. The maximum absolute atomic E-state index is 12.2. The molecule has 0 bridgehead atoms. The van der Waals surface area contributed by atoms with E-state index in [-0.39, 0.29) is 4.90 Å². The minimum Gasteiger partial charge on any atom is -0.398 e. The van der Waals surface area contributed by atoms with E-state index in [1.165, 1.54) is 0 Å². The van der Waals surface area contributed by atoms with Gasteiger partial charge in [-0.05, 0) is 49.9 Å². The van der Waals surface area contributed by atoms with Gasteiger partial charge in [-0.15, -0.1) is 0 Å². The van der Waals surface area contributed by atoms with E-state index in [4.69, 9.17) is 10.5 Å². The predicted molar refractivity (Wildman–Crippen MR) is 81.2 cm³/mol. The van der Waals surface area contributed by atoms with Gasteiger partial charge in [-0.1, -0.05) is 6.92 Å². The maximum atomic E-state index is 12.2. The van der Waals surface area contributed by atoms with Crippen LogP contribution in [0.3, 0.4) is 0 Å². The number of aryl methyl sites for hydroxylation is 1. The van der Waals surface area contributed by atoms with E-state index in [0.29, 0.717) is 37.4 Å². The second-order valence-electron chi connectivity index (χ2n) is 4.84. The van der Waals surface area contributed by atoms with Crippen LogP contribution in [0, 0.1) is 13.8 Å². The third-order valence-corrected chi connectivity index (χ3v) is 4.53. The Labute approximate surface area is 121 Å². The van der Waals surface area contributed by atoms with E-state index in [2.05, 4.69) is 4.72 Å². The summed E-state index contributed by atoms with van der Waals surface area (Å²) in [4.78, 5) is 0.254. The van der Waals surface area contributed by atoms with Crippen molar-refractivity contribution in [2.75, 3.05) is 25.5 Å². The lowest BCUT2D eigenvalue weighted by molar-refractivity contribution is 0.133. The molecule has 1 aromatic rings. The molecule has 20 heavy (non-hydrogen) atoms.